The first-order valence-corrected chi connectivity index (χ1v) is 4.01. The highest BCUT2D eigenvalue weighted by Gasteiger charge is 2.16. The molecule has 0 aliphatic carbocycles. The Morgan fingerprint density at radius 1 is 1.62 bits per heavy atom. The molecule has 13 heavy (non-hydrogen) atoms. The first kappa shape index (κ1) is 7.91. The lowest BCUT2D eigenvalue weighted by Crippen LogP contribution is -2.16. The normalized spacial score (nSPS) is 13.8. The Morgan fingerprint density at radius 2 is 2.38 bits per heavy atom. The van der Waals surface area contributed by atoms with Crippen molar-refractivity contribution in [3.63, 3.8) is 0 Å². The van der Waals surface area contributed by atoms with Gasteiger partial charge >= 0.3 is 5.97 Å². The molecule has 1 heterocycles. The maximum Gasteiger partial charge on any atom is 0.335 e. The van der Waals surface area contributed by atoms with Crippen molar-refractivity contribution >= 4 is 17.3 Å². The van der Waals surface area contributed by atoms with Crippen molar-refractivity contribution in [2.24, 2.45) is 0 Å². The predicted octanol–water partition coefficient (Wildman–Crippen LogP) is 1.20. The summed E-state index contributed by atoms with van der Waals surface area (Å²) >= 11 is 0. The number of carboxylic acid groups (broad SMARTS) is 1. The van der Waals surface area contributed by atoms with Crippen molar-refractivity contribution < 1.29 is 9.90 Å². The van der Waals surface area contributed by atoms with Crippen LogP contribution in [0.4, 0.5) is 11.4 Å². The number of hydrogen-bond donors (Lipinski definition) is 2. The SMILES string of the molecule is CN1CNc2ccc(C(=O)O)cc21. The molecule has 1 aromatic carbocycles. The van der Waals surface area contributed by atoms with E-state index in [1.807, 2.05) is 11.9 Å². The molecule has 0 amide bonds. The van der Waals surface area contributed by atoms with Gasteiger partial charge in [-0.2, -0.15) is 0 Å². The van der Waals surface area contributed by atoms with Gasteiger partial charge in [0.25, 0.3) is 0 Å². The molecule has 4 nitrogen and oxygen atoms in total. The number of hydrogen-bond acceptors (Lipinski definition) is 3. The number of nitrogens with zero attached hydrogens (tertiary/aromatic N) is 1. The lowest BCUT2D eigenvalue weighted by Gasteiger charge is -2.09. The minimum absolute atomic E-state index is 0.328. The average molecular weight is 178 g/mol. The molecule has 0 saturated heterocycles. The molecule has 4 heteroatoms. The lowest BCUT2D eigenvalue weighted by atomic mass is 10.2. The molecule has 2 rings (SSSR count). The number of aromatic carboxylic acids is 1. The average Bonchev–Trinajstić information content (AvgIpc) is 2.47. The van der Waals surface area contributed by atoms with Gasteiger partial charge in [-0.25, -0.2) is 4.79 Å². The second kappa shape index (κ2) is 2.65. The zero-order valence-corrected chi connectivity index (χ0v) is 7.24. The molecule has 0 radical (unpaired) electrons. The molecule has 0 fully saturated rings. The van der Waals surface area contributed by atoms with E-state index in [0.717, 1.165) is 18.0 Å². The van der Waals surface area contributed by atoms with Crippen molar-refractivity contribution in [1.82, 2.24) is 0 Å². The Labute approximate surface area is 75.8 Å². The molecule has 68 valence electrons. The van der Waals surface area contributed by atoms with Crippen LogP contribution in [0.5, 0.6) is 0 Å². The molecule has 1 aliphatic heterocycles. The van der Waals surface area contributed by atoms with E-state index in [0.29, 0.717) is 5.56 Å². The van der Waals surface area contributed by atoms with Gasteiger partial charge in [0.2, 0.25) is 0 Å². The first-order valence-electron chi connectivity index (χ1n) is 4.01. The highest BCUT2D eigenvalue weighted by atomic mass is 16.4. The maximum absolute atomic E-state index is 10.7. The smallest absolute Gasteiger partial charge is 0.335 e. The summed E-state index contributed by atoms with van der Waals surface area (Å²) in [4.78, 5) is 12.6. The van der Waals surface area contributed by atoms with Crippen molar-refractivity contribution in [1.29, 1.82) is 0 Å². The summed E-state index contributed by atoms with van der Waals surface area (Å²) in [5, 5.41) is 11.9. The van der Waals surface area contributed by atoms with Crippen LogP contribution in [0.15, 0.2) is 18.2 Å². The van der Waals surface area contributed by atoms with Gasteiger partial charge in [-0.05, 0) is 18.2 Å². The Balaban J connectivity index is 2.47. The van der Waals surface area contributed by atoms with Gasteiger partial charge in [0.15, 0.2) is 0 Å². The highest BCUT2D eigenvalue weighted by Crippen LogP contribution is 2.30. The quantitative estimate of drug-likeness (QED) is 0.678. The second-order valence-corrected chi connectivity index (χ2v) is 3.07. The molecule has 0 spiro atoms. The largest absolute Gasteiger partial charge is 0.478 e. The van der Waals surface area contributed by atoms with Crippen LogP contribution in [-0.4, -0.2) is 24.8 Å². The monoisotopic (exact) mass is 178 g/mol. The van der Waals surface area contributed by atoms with Crippen LogP contribution in [0.2, 0.25) is 0 Å². The van der Waals surface area contributed by atoms with Crippen LogP contribution in [0.1, 0.15) is 10.4 Å². The molecule has 1 aliphatic rings. The predicted molar refractivity (Wildman–Crippen MR) is 50.3 cm³/mol. The van der Waals surface area contributed by atoms with Crippen LogP contribution < -0.4 is 10.2 Å². The number of carboxylic acids is 1. The number of fused-ring (bicyclic) bond motifs is 1. The minimum Gasteiger partial charge on any atom is -0.478 e. The van der Waals surface area contributed by atoms with E-state index < -0.39 is 5.97 Å². The van der Waals surface area contributed by atoms with Gasteiger partial charge in [0.1, 0.15) is 0 Å². The summed E-state index contributed by atoms with van der Waals surface area (Å²) in [6, 6.07) is 5.08. The Hall–Kier alpha value is -1.71. The number of benzene rings is 1. The zero-order valence-electron chi connectivity index (χ0n) is 7.24. The van der Waals surface area contributed by atoms with Crippen molar-refractivity contribution in [3.05, 3.63) is 23.8 Å². The van der Waals surface area contributed by atoms with Gasteiger partial charge < -0.3 is 15.3 Å². The topological polar surface area (TPSA) is 52.6 Å². The van der Waals surface area contributed by atoms with Crippen LogP contribution in [0.3, 0.4) is 0 Å². The Kier molecular flexibility index (Phi) is 1.62. The third kappa shape index (κ3) is 1.20. The van der Waals surface area contributed by atoms with E-state index >= 15 is 0 Å². The van der Waals surface area contributed by atoms with E-state index in [-0.39, 0.29) is 0 Å². The van der Waals surface area contributed by atoms with Crippen LogP contribution in [-0.2, 0) is 0 Å². The highest BCUT2D eigenvalue weighted by molar-refractivity contribution is 5.91. The standard InChI is InChI=1S/C9H10N2O2/c1-11-5-10-7-3-2-6(9(12)13)4-8(7)11/h2-4,10H,5H2,1H3,(H,12,13). The maximum atomic E-state index is 10.7. The van der Waals surface area contributed by atoms with Gasteiger partial charge in [-0.1, -0.05) is 0 Å². The van der Waals surface area contributed by atoms with Crippen LogP contribution >= 0.6 is 0 Å². The fraction of sp³-hybridized carbons (Fsp3) is 0.222. The third-order valence-electron chi connectivity index (χ3n) is 2.16. The van der Waals surface area contributed by atoms with E-state index in [9.17, 15) is 4.79 Å². The van der Waals surface area contributed by atoms with Crippen LogP contribution in [0.25, 0.3) is 0 Å². The first-order chi connectivity index (χ1) is 6.18. The summed E-state index contributed by atoms with van der Waals surface area (Å²) in [7, 11) is 1.92. The molecule has 0 bridgehead atoms. The fourth-order valence-corrected chi connectivity index (χ4v) is 1.42. The molecule has 1 aromatic rings. The molecule has 0 aromatic heterocycles. The van der Waals surface area contributed by atoms with E-state index in [4.69, 9.17) is 5.11 Å². The molecular formula is C9H10N2O2. The van der Waals surface area contributed by atoms with Gasteiger partial charge in [-0.15, -0.1) is 0 Å². The van der Waals surface area contributed by atoms with Gasteiger partial charge in [0.05, 0.1) is 23.6 Å². The van der Waals surface area contributed by atoms with Crippen molar-refractivity contribution in [3.8, 4) is 0 Å². The van der Waals surface area contributed by atoms with Gasteiger partial charge in [-0.3, -0.25) is 0 Å². The van der Waals surface area contributed by atoms with Gasteiger partial charge in [0, 0.05) is 7.05 Å². The summed E-state index contributed by atoms with van der Waals surface area (Å²) in [5.74, 6) is -0.886. The molecule has 0 unspecified atom stereocenters. The Bertz CT molecular complexity index is 363. The Morgan fingerprint density at radius 3 is 3.08 bits per heavy atom. The zero-order chi connectivity index (χ0) is 9.42. The number of rotatable bonds is 1. The number of nitrogens with one attached hydrogen (secondary N) is 1. The van der Waals surface area contributed by atoms with E-state index in [1.165, 1.54) is 0 Å². The third-order valence-corrected chi connectivity index (χ3v) is 2.16. The number of carbonyl (C=O) groups is 1. The summed E-state index contributed by atoms with van der Waals surface area (Å²) < 4.78 is 0. The summed E-state index contributed by atoms with van der Waals surface area (Å²) in [5.41, 5.74) is 2.27. The summed E-state index contributed by atoms with van der Waals surface area (Å²) in [6.45, 7) is 0.735. The van der Waals surface area contributed by atoms with E-state index in [1.54, 1.807) is 18.2 Å². The van der Waals surface area contributed by atoms with E-state index in [2.05, 4.69) is 5.32 Å². The van der Waals surface area contributed by atoms with Crippen LogP contribution in [0, 0.1) is 0 Å². The second-order valence-electron chi connectivity index (χ2n) is 3.07. The van der Waals surface area contributed by atoms with Crippen molar-refractivity contribution in [2.75, 3.05) is 23.9 Å². The summed E-state index contributed by atoms with van der Waals surface area (Å²) in [6.07, 6.45) is 0. The minimum atomic E-state index is -0.886. The number of anilines is 2. The molecular weight excluding hydrogens is 168 g/mol. The van der Waals surface area contributed by atoms with Crippen molar-refractivity contribution in [2.45, 2.75) is 0 Å². The molecule has 0 atom stereocenters. The molecule has 0 saturated carbocycles. The fourth-order valence-electron chi connectivity index (χ4n) is 1.42. The lowest BCUT2D eigenvalue weighted by molar-refractivity contribution is 0.0697. The molecule has 2 N–H and O–H groups in total.